The zero-order chi connectivity index (χ0) is 19.7. The lowest BCUT2D eigenvalue weighted by Crippen LogP contribution is -2.31. The Morgan fingerprint density at radius 1 is 1.11 bits per heavy atom. The number of carbonyl (C=O) groups excluding carboxylic acids is 1. The minimum Gasteiger partial charge on any atom is -0.480 e. The predicted molar refractivity (Wildman–Crippen MR) is 112 cm³/mol. The molecule has 1 aliphatic rings. The summed E-state index contributed by atoms with van der Waals surface area (Å²) in [4.78, 5) is 22.7. The molecule has 3 aromatic rings. The Morgan fingerprint density at radius 2 is 1.93 bits per heavy atom. The van der Waals surface area contributed by atoms with Gasteiger partial charge in [-0.15, -0.1) is 0 Å². The molecule has 0 saturated carbocycles. The second-order valence-corrected chi connectivity index (χ2v) is 7.72. The first-order valence-corrected chi connectivity index (χ1v) is 10.1. The Morgan fingerprint density at radius 3 is 2.71 bits per heavy atom. The van der Waals surface area contributed by atoms with Crippen LogP contribution in [0.3, 0.4) is 0 Å². The number of benzene rings is 1. The molecule has 2 atom stereocenters. The van der Waals surface area contributed by atoms with Crippen LogP contribution in [0, 0.1) is 11.8 Å². The monoisotopic (exact) mass is 374 g/mol. The molecule has 0 radical (unpaired) electrons. The maximum absolute atomic E-state index is 13.2. The zero-order valence-corrected chi connectivity index (χ0v) is 16.7. The van der Waals surface area contributed by atoms with Crippen LogP contribution in [0.2, 0.25) is 0 Å². The van der Waals surface area contributed by atoms with Gasteiger partial charge in [-0.25, -0.2) is 9.97 Å². The molecule has 144 valence electrons. The maximum atomic E-state index is 13.2. The van der Waals surface area contributed by atoms with E-state index in [9.17, 15) is 4.79 Å². The lowest BCUT2D eigenvalue weighted by molar-refractivity contribution is 0.0846. The molecule has 0 N–H and O–H groups in total. The molecule has 2 aromatic heterocycles. The van der Waals surface area contributed by atoms with Crippen molar-refractivity contribution in [3.63, 3.8) is 0 Å². The van der Waals surface area contributed by atoms with Gasteiger partial charge in [-0.05, 0) is 37.0 Å². The number of fused-ring (bicyclic) bond motifs is 2. The smallest absolute Gasteiger partial charge is 0.222 e. The van der Waals surface area contributed by atoms with Gasteiger partial charge in [0.1, 0.15) is 0 Å². The van der Waals surface area contributed by atoms with Crippen molar-refractivity contribution in [1.29, 1.82) is 0 Å². The van der Waals surface area contributed by atoms with Crippen molar-refractivity contribution in [2.24, 2.45) is 11.8 Å². The van der Waals surface area contributed by atoms with E-state index in [1.54, 1.807) is 7.11 Å². The van der Waals surface area contributed by atoms with Gasteiger partial charge in [-0.1, -0.05) is 51.0 Å². The molecule has 0 fully saturated rings. The number of pyridine rings is 2. The number of para-hydroxylation sites is 1. The largest absolute Gasteiger partial charge is 0.480 e. The molecule has 2 heterocycles. The summed E-state index contributed by atoms with van der Waals surface area (Å²) < 4.78 is 5.58. The van der Waals surface area contributed by atoms with E-state index in [1.165, 1.54) is 0 Å². The second-order valence-electron chi connectivity index (χ2n) is 7.72. The average molecular weight is 374 g/mol. The lowest BCUT2D eigenvalue weighted by Gasteiger charge is -2.29. The van der Waals surface area contributed by atoms with E-state index in [1.807, 2.05) is 42.5 Å². The highest BCUT2D eigenvalue weighted by atomic mass is 16.5. The summed E-state index contributed by atoms with van der Waals surface area (Å²) in [5, 5.41) is 1.08. The van der Waals surface area contributed by atoms with Crippen molar-refractivity contribution in [2.45, 2.75) is 39.5 Å². The Labute approximate surface area is 166 Å². The molecule has 28 heavy (non-hydrogen) atoms. The van der Waals surface area contributed by atoms with Crippen molar-refractivity contribution in [3.8, 4) is 17.1 Å². The molecule has 0 spiro atoms. The zero-order valence-electron chi connectivity index (χ0n) is 16.7. The first-order chi connectivity index (χ1) is 13.6. The molecule has 0 bridgehead atoms. The van der Waals surface area contributed by atoms with E-state index in [0.717, 1.165) is 59.1 Å². The summed E-state index contributed by atoms with van der Waals surface area (Å²) in [5.41, 5.74) is 4.07. The third kappa shape index (κ3) is 3.28. The van der Waals surface area contributed by atoms with E-state index in [-0.39, 0.29) is 11.7 Å². The van der Waals surface area contributed by atoms with Crippen molar-refractivity contribution in [2.75, 3.05) is 7.11 Å². The van der Waals surface area contributed by atoms with Crippen LogP contribution in [0.1, 0.15) is 49.2 Å². The fourth-order valence-electron chi connectivity index (χ4n) is 4.20. The van der Waals surface area contributed by atoms with Crippen LogP contribution in [0.4, 0.5) is 0 Å². The predicted octanol–water partition coefficient (Wildman–Crippen LogP) is 5.49. The number of ketones is 1. The lowest BCUT2D eigenvalue weighted by atomic mass is 9.75. The number of hydrogen-bond acceptors (Lipinski definition) is 4. The van der Waals surface area contributed by atoms with E-state index >= 15 is 0 Å². The van der Waals surface area contributed by atoms with Gasteiger partial charge in [0.2, 0.25) is 5.88 Å². The molecule has 1 aliphatic carbocycles. The van der Waals surface area contributed by atoms with Crippen LogP contribution in [-0.2, 0) is 6.42 Å². The number of Topliss-reactive ketones (excluding diaryl/α,β-unsaturated/α-hetero) is 1. The number of aromatic nitrogens is 2. The number of nitrogens with zero attached hydrogens (tertiary/aromatic N) is 2. The van der Waals surface area contributed by atoms with E-state index in [4.69, 9.17) is 14.7 Å². The number of carbonyl (C=O) groups is 1. The Balaban J connectivity index is 1.80. The highest BCUT2D eigenvalue weighted by molar-refractivity contribution is 6.01. The van der Waals surface area contributed by atoms with Crippen molar-refractivity contribution < 1.29 is 9.53 Å². The Bertz CT molecular complexity index is 1030. The van der Waals surface area contributed by atoms with Crippen LogP contribution < -0.4 is 4.74 Å². The van der Waals surface area contributed by atoms with Crippen LogP contribution in [0.15, 0.2) is 42.5 Å². The standard InChI is InChI=1S/C24H26N2O2/c1-4-5-9-17-15(2)13-22-18(23(17)27)14-19(24(26-22)28-3)21-12-11-16-8-6-7-10-20(16)25-21/h6-8,10-12,14-15,17H,4-5,9,13H2,1-3H3/t15-,17+/m1/s1. The Kier molecular flexibility index (Phi) is 5.12. The van der Waals surface area contributed by atoms with Gasteiger partial charge in [-0.3, -0.25) is 4.79 Å². The summed E-state index contributed by atoms with van der Waals surface area (Å²) >= 11 is 0. The molecule has 4 rings (SSSR count). The maximum Gasteiger partial charge on any atom is 0.222 e. The van der Waals surface area contributed by atoms with Crippen molar-refractivity contribution >= 4 is 16.7 Å². The van der Waals surface area contributed by atoms with E-state index in [0.29, 0.717) is 11.8 Å². The molecule has 4 nitrogen and oxygen atoms in total. The second kappa shape index (κ2) is 7.70. The summed E-state index contributed by atoms with van der Waals surface area (Å²) in [5.74, 6) is 1.15. The number of rotatable bonds is 5. The van der Waals surface area contributed by atoms with E-state index < -0.39 is 0 Å². The molecular formula is C24H26N2O2. The summed E-state index contributed by atoms with van der Waals surface area (Å²) in [6.45, 7) is 4.33. The molecular weight excluding hydrogens is 348 g/mol. The average Bonchev–Trinajstić information content (AvgIpc) is 2.72. The topological polar surface area (TPSA) is 52.1 Å². The number of hydrogen-bond donors (Lipinski definition) is 0. The minimum atomic E-state index is 0.0834. The van der Waals surface area contributed by atoms with Crippen LogP contribution in [0.25, 0.3) is 22.2 Å². The summed E-state index contributed by atoms with van der Waals surface area (Å²) in [7, 11) is 1.62. The first-order valence-electron chi connectivity index (χ1n) is 10.1. The van der Waals surface area contributed by atoms with Gasteiger partial charge >= 0.3 is 0 Å². The third-order valence-electron chi connectivity index (χ3n) is 5.81. The minimum absolute atomic E-state index is 0.0834. The number of methoxy groups -OCH3 is 1. The van der Waals surface area contributed by atoms with Gasteiger partial charge in [0.15, 0.2) is 5.78 Å². The SMILES string of the molecule is CCCC[C@@H]1C(=O)c2cc(-c3ccc4ccccc4n3)c(OC)nc2C[C@H]1C. The fourth-order valence-corrected chi connectivity index (χ4v) is 4.20. The van der Waals surface area contributed by atoms with Gasteiger partial charge in [0.25, 0.3) is 0 Å². The number of ether oxygens (including phenoxy) is 1. The molecule has 1 aromatic carbocycles. The third-order valence-corrected chi connectivity index (χ3v) is 5.81. The van der Waals surface area contributed by atoms with Gasteiger partial charge < -0.3 is 4.74 Å². The normalized spacial score (nSPS) is 18.9. The molecule has 4 heteroatoms. The summed E-state index contributed by atoms with van der Waals surface area (Å²) in [6, 6.07) is 14.0. The van der Waals surface area contributed by atoms with Gasteiger partial charge in [0, 0.05) is 16.9 Å². The van der Waals surface area contributed by atoms with E-state index in [2.05, 4.69) is 13.8 Å². The van der Waals surface area contributed by atoms with Crippen LogP contribution in [0.5, 0.6) is 5.88 Å². The fraction of sp³-hybridized carbons (Fsp3) is 0.375. The highest BCUT2D eigenvalue weighted by Crippen LogP contribution is 2.37. The Hall–Kier alpha value is -2.75. The van der Waals surface area contributed by atoms with Crippen molar-refractivity contribution in [3.05, 3.63) is 53.7 Å². The first kappa shape index (κ1) is 18.6. The molecule has 0 saturated heterocycles. The van der Waals surface area contributed by atoms with Crippen LogP contribution >= 0.6 is 0 Å². The van der Waals surface area contributed by atoms with Crippen LogP contribution in [-0.4, -0.2) is 22.9 Å². The quantitative estimate of drug-likeness (QED) is 0.593. The van der Waals surface area contributed by atoms with Gasteiger partial charge in [-0.2, -0.15) is 0 Å². The van der Waals surface area contributed by atoms with Gasteiger partial charge in [0.05, 0.1) is 29.6 Å². The molecule has 0 amide bonds. The highest BCUT2D eigenvalue weighted by Gasteiger charge is 2.34. The number of unbranched alkanes of at least 4 members (excludes halogenated alkanes) is 1. The summed E-state index contributed by atoms with van der Waals surface area (Å²) in [6.07, 6.45) is 3.96. The van der Waals surface area contributed by atoms with Crippen molar-refractivity contribution in [1.82, 2.24) is 9.97 Å². The molecule has 0 unspecified atom stereocenters. The molecule has 0 aliphatic heterocycles.